The number of hydrogen-bond acceptors (Lipinski definition) is 3. The third kappa shape index (κ3) is 4.90. The predicted octanol–water partition coefficient (Wildman–Crippen LogP) is 6.65. The monoisotopic (exact) mass is 546 g/mol. The Balaban J connectivity index is 1.30. The van der Waals surface area contributed by atoms with Crippen molar-refractivity contribution in [3.05, 3.63) is 142 Å². The van der Waals surface area contributed by atoms with E-state index in [1.54, 1.807) is 17.3 Å². The van der Waals surface area contributed by atoms with Crippen LogP contribution in [0.2, 0.25) is 5.02 Å². The first-order valence-electron chi connectivity index (χ1n) is 13.1. The van der Waals surface area contributed by atoms with Gasteiger partial charge in [0.15, 0.2) is 0 Å². The highest BCUT2D eigenvalue weighted by Gasteiger charge is 2.27. The molecule has 0 saturated carbocycles. The third-order valence-corrected chi connectivity index (χ3v) is 7.62. The van der Waals surface area contributed by atoms with E-state index in [1.807, 2.05) is 102 Å². The molecule has 3 aromatic carbocycles. The van der Waals surface area contributed by atoms with E-state index >= 15 is 0 Å². The normalized spacial score (nSPS) is 12.3. The SMILES string of the molecule is Cc1cc(C(=O)N2Cc3ccc(C(=O)NCc4cccnc4)n3Cc3ccccc32)ccc1-c1ccccc1Cl. The highest BCUT2D eigenvalue weighted by molar-refractivity contribution is 6.33. The Morgan fingerprint density at radius 3 is 2.52 bits per heavy atom. The fraction of sp³-hybridized carbons (Fsp3) is 0.121. The number of aryl methyl sites for hydroxylation is 1. The van der Waals surface area contributed by atoms with Crippen LogP contribution in [0.5, 0.6) is 0 Å². The number of anilines is 1. The largest absolute Gasteiger partial charge is 0.347 e. The average molecular weight is 547 g/mol. The van der Waals surface area contributed by atoms with E-state index in [-0.39, 0.29) is 11.8 Å². The minimum Gasteiger partial charge on any atom is -0.347 e. The van der Waals surface area contributed by atoms with Crippen LogP contribution in [0, 0.1) is 6.92 Å². The average Bonchev–Trinajstić information content (AvgIpc) is 3.29. The van der Waals surface area contributed by atoms with Crippen LogP contribution in [0.15, 0.2) is 103 Å². The number of para-hydroxylation sites is 1. The molecule has 0 unspecified atom stereocenters. The number of nitrogens with one attached hydrogen (secondary N) is 1. The molecule has 7 heteroatoms. The van der Waals surface area contributed by atoms with E-state index in [0.717, 1.165) is 39.2 Å². The second kappa shape index (κ2) is 10.8. The summed E-state index contributed by atoms with van der Waals surface area (Å²) >= 11 is 6.44. The van der Waals surface area contributed by atoms with Crippen molar-refractivity contribution in [1.82, 2.24) is 14.9 Å². The van der Waals surface area contributed by atoms with E-state index in [4.69, 9.17) is 11.6 Å². The number of pyridine rings is 1. The zero-order valence-electron chi connectivity index (χ0n) is 22.0. The molecule has 6 rings (SSSR count). The second-order valence-corrected chi connectivity index (χ2v) is 10.3. The maximum Gasteiger partial charge on any atom is 0.268 e. The van der Waals surface area contributed by atoms with Gasteiger partial charge in [-0.1, -0.05) is 60.1 Å². The summed E-state index contributed by atoms with van der Waals surface area (Å²) in [4.78, 5) is 33.1. The van der Waals surface area contributed by atoms with E-state index in [1.165, 1.54) is 0 Å². The molecule has 0 spiro atoms. The molecule has 3 heterocycles. The minimum absolute atomic E-state index is 0.0986. The summed E-state index contributed by atoms with van der Waals surface area (Å²) in [7, 11) is 0. The van der Waals surface area contributed by atoms with E-state index in [9.17, 15) is 9.59 Å². The van der Waals surface area contributed by atoms with Crippen LogP contribution in [-0.2, 0) is 19.6 Å². The third-order valence-electron chi connectivity index (χ3n) is 7.29. The summed E-state index contributed by atoms with van der Waals surface area (Å²) in [5.74, 6) is -0.267. The quantitative estimate of drug-likeness (QED) is 0.268. The van der Waals surface area contributed by atoms with Crippen molar-refractivity contribution in [2.75, 3.05) is 4.90 Å². The van der Waals surface area contributed by atoms with Gasteiger partial charge in [-0.3, -0.25) is 14.6 Å². The van der Waals surface area contributed by atoms with Crippen molar-refractivity contribution >= 4 is 29.1 Å². The lowest BCUT2D eigenvalue weighted by atomic mass is 9.98. The number of amides is 2. The van der Waals surface area contributed by atoms with Gasteiger partial charge in [-0.15, -0.1) is 0 Å². The van der Waals surface area contributed by atoms with Gasteiger partial charge in [0.25, 0.3) is 11.8 Å². The van der Waals surface area contributed by atoms with Gasteiger partial charge in [0.05, 0.1) is 13.1 Å². The minimum atomic E-state index is -0.168. The number of hydrogen-bond donors (Lipinski definition) is 1. The van der Waals surface area contributed by atoms with Gasteiger partial charge in [-0.25, -0.2) is 0 Å². The molecule has 5 aromatic rings. The fourth-order valence-corrected chi connectivity index (χ4v) is 5.49. The Labute approximate surface area is 237 Å². The number of benzene rings is 3. The van der Waals surface area contributed by atoms with Crippen molar-refractivity contribution in [1.29, 1.82) is 0 Å². The topological polar surface area (TPSA) is 67.2 Å². The van der Waals surface area contributed by atoms with Gasteiger partial charge >= 0.3 is 0 Å². The Hall–Kier alpha value is -4.68. The molecule has 0 aliphatic carbocycles. The molecular formula is C33H27ClN4O2. The highest BCUT2D eigenvalue weighted by Crippen LogP contribution is 2.33. The van der Waals surface area contributed by atoms with Gasteiger partial charge in [-0.2, -0.15) is 0 Å². The lowest BCUT2D eigenvalue weighted by Crippen LogP contribution is -2.30. The van der Waals surface area contributed by atoms with Crippen LogP contribution in [0.1, 0.15) is 43.2 Å². The van der Waals surface area contributed by atoms with Crippen LogP contribution < -0.4 is 10.2 Å². The molecule has 0 atom stereocenters. The molecule has 198 valence electrons. The summed E-state index contributed by atoms with van der Waals surface area (Å²) in [6, 6.07) is 28.8. The molecule has 6 nitrogen and oxygen atoms in total. The van der Waals surface area contributed by atoms with Crippen molar-refractivity contribution in [2.24, 2.45) is 0 Å². The number of rotatable bonds is 5. The standard InChI is InChI=1S/C33H27ClN4O2/c1-22-17-24(12-14-27(22)28-9-3-4-10-29(28)34)33(40)38-21-26-13-15-31(32(39)36-19-23-7-6-16-35-18-23)37(26)20-25-8-2-5-11-30(25)38/h2-18H,19-21H2,1H3,(H,36,39). The lowest BCUT2D eigenvalue weighted by molar-refractivity contribution is 0.0941. The number of carbonyl (C=O) groups is 2. The van der Waals surface area contributed by atoms with E-state index in [2.05, 4.69) is 10.3 Å². The van der Waals surface area contributed by atoms with Crippen LogP contribution in [0.25, 0.3) is 11.1 Å². The summed E-state index contributed by atoms with van der Waals surface area (Å²) < 4.78 is 2.00. The van der Waals surface area contributed by atoms with Gasteiger partial charge in [0.2, 0.25) is 0 Å². The number of carbonyl (C=O) groups excluding carboxylic acids is 2. The molecule has 1 N–H and O–H groups in total. The molecule has 1 aliphatic heterocycles. The second-order valence-electron chi connectivity index (χ2n) is 9.87. The number of aromatic nitrogens is 2. The number of fused-ring (bicyclic) bond motifs is 2. The first kappa shape index (κ1) is 25.6. The zero-order valence-corrected chi connectivity index (χ0v) is 22.7. The fourth-order valence-electron chi connectivity index (χ4n) is 5.25. The van der Waals surface area contributed by atoms with Crippen molar-refractivity contribution < 1.29 is 9.59 Å². The van der Waals surface area contributed by atoms with Crippen molar-refractivity contribution in [3.8, 4) is 11.1 Å². The van der Waals surface area contributed by atoms with E-state index < -0.39 is 0 Å². The molecule has 0 saturated heterocycles. The molecule has 40 heavy (non-hydrogen) atoms. The van der Waals surface area contributed by atoms with Crippen LogP contribution >= 0.6 is 11.6 Å². The Morgan fingerprint density at radius 2 is 1.73 bits per heavy atom. The van der Waals surface area contributed by atoms with Gasteiger partial charge in [0, 0.05) is 46.5 Å². The predicted molar refractivity (Wildman–Crippen MR) is 158 cm³/mol. The molecule has 0 radical (unpaired) electrons. The molecule has 2 amide bonds. The zero-order chi connectivity index (χ0) is 27.6. The molecule has 0 bridgehead atoms. The van der Waals surface area contributed by atoms with Crippen LogP contribution in [0.3, 0.4) is 0 Å². The van der Waals surface area contributed by atoms with E-state index in [0.29, 0.717) is 35.9 Å². The smallest absolute Gasteiger partial charge is 0.268 e. The molecule has 2 aromatic heterocycles. The Bertz CT molecular complexity index is 1730. The summed E-state index contributed by atoms with van der Waals surface area (Å²) in [6.45, 7) is 3.21. The van der Waals surface area contributed by atoms with Gasteiger partial charge in [0.1, 0.15) is 5.69 Å². The molecule has 0 fully saturated rings. The summed E-state index contributed by atoms with van der Waals surface area (Å²) in [5, 5.41) is 3.67. The van der Waals surface area contributed by atoms with Crippen LogP contribution in [-0.4, -0.2) is 21.4 Å². The summed E-state index contributed by atoms with van der Waals surface area (Å²) in [5.41, 5.74) is 7.68. The van der Waals surface area contributed by atoms with Crippen molar-refractivity contribution in [3.63, 3.8) is 0 Å². The molecule has 1 aliphatic rings. The first-order chi connectivity index (χ1) is 19.5. The number of nitrogens with zero attached hydrogens (tertiary/aromatic N) is 3. The molecular weight excluding hydrogens is 520 g/mol. The lowest BCUT2D eigenvalue weighted by Gasteiger charge is -2.23. The summed E-state index contributed by atoms with van der Waals surface area (Å²) in [6.07, 6.45) is 3.44. The number of halogens is 1. The maximum absolute atomic E-state index is 14.0. The van der Waals surface area contributed by atoms with Gasteiger partial charge in [-0.05, 0) is 71.6 Å². The van der Waals surface area contributed by atoms with Crippen LogP contribution in [0.4, 0.5) is 5.69 Å². The Morgan fingerprint density at radius 1 is 0.900 bits per heavy atom. The maximum atomic E-state index is 14.0. The van der Waals surface area contributed by atoms with Crippen molar-refractivity contribution in [2.45, 2.75) is 26.6 Å². The highest BCUT2D eigenvalue weighted by atomic mass is 35.5. The Kier molecular flexibility index (Phi) is 6.93. The first-order valence-corrected chi connectivity index (χ1v) is 13.5. The van der Waals surface area contributed by atoms with Gasteiger partial charge < -0.3 is 14.8 Å².